The van der Waals surface area contributed by atoms with Crippen molar-refractivity contribution in [3.63, 3.8) is 0 Å². The van der Waals surface area contributed by atoms with E-state index in [0.29, 0.717) is 31.1 Å². The molecule has 38 heavy (non-hydrogen) atoms. The molecule has 2 aliphatic rings. The minimum absolute atomic E-state index is 0.0986. The first-order valence-corrected chi connectivity index (χ1v) is 13.0. The Morgan fingerprint density at radius 3 is 2.37 bits per heavy atom. The van der Waals surface area contributed by atoms with Gasteiger partial charge in [0.25, 0.3) is 5.56 Å². The summed E-state index contributed by atoms with van der Waals surface area (Å²) in [4.78, 5) is 44.4. The van der Waals surface area contributed by atoms with Crippen molar-refractivity contribution in [2.24, 2.45) is 5.92 Å². The third-order valence-electron chi connectivity index (χ3n) is 7.18. The molecule has 1 amide bonds. The zero-order valence-electron chi connectivity index (χ0n) is 21.4. The van der Waals surface area contributed by atoms with E-state index in [4.69, 9.17) is 14.2 Å². The van der Waals surface area contributed by atoms with Gasteiger partial charge in [0.15, 0.2) is 5.69 Å². The summed E-state index contributed by atoms with van der Waals surface area (Å²) in [6.45, 7) is 2.44. The number of rotatable bonds is 8. The second-order valence-electron chi connectivity index (χ2n) is 9.73. The summed E-state index contributed by atoms with van der Waals surface area (Å²) in [6.07, 6.45) is 2.21. The van der Waals surface area contributed by atoms with Crippen molar-refractivity contribution in [1.29, 1.82) is 0 Å². The Bertz CT molecular complexity index is 1360. The van der Waals surface area contributed by atoms with Crippen molar-refractivity contribution in [3.05, 3.63) is 93.7 Å². The van der Waals surface area contributed by atoms with Crippen LogP contribution in [0.2, 0.25) is 0 Å². The van der Waals surface area contributed by atoms with Gasteiger partial charge in [-0.25, -0.2) is 14.6 Å². The second-order valence-corrected chi connectivity index (χ2v) is 9.73. The number of nitrogens with one attached hydrogen (secondary N) is 1. The van der Waals surface area contributed by atoms with E-state index >= 15 is 0 Å². The number of carbonyl (C=O) groups excluding carboxylic acids is 2. The van der Waals surface area contributed by atoms with Crippen molar-refractivity contribution < 1.29 is 23.8 Å². The molecule has 0 radical (unpaired) electrons. The lowest BCUT2D eigenvalue weighted by Crippen LogP contribution is -2.48. The summed E-state index contributed by atoms with van der Waals surface area (Å²) >= 11 is 0. The normalized spacial score (nSPS) is 19.7. The van der Waals surface area contributed by atoms with Crippen LogP contribution >= 0.6 is 0 Å². The molecule has 0 saturated heterocycles. The first-order chi connectivity index (χ1) is 18.5. The number of amides is 1. The Morgan fingerprint density at radius 1 is 1.00 bits per heavy atom. The smallest absolute Gasteiger partial charge is 0.408 e. The second kappa shape index (κ2) is 11.1. The summed E-state index contributed by atoms with van der Waals surface area (Å²) in [5.74, 6) is -0.244. The van der Waals surface area contributed by atoms with Gasteiger partial charge in [-0.2, -0.15) is 0 Å². The molecule has 198 valence electrons. The van der Waals surface area contributed by atoms with Crippen LogP contribution in [0.3, 0.4) is 0 Å². The highest BCUT2D eigenvalue weighted by Crippen LogP contribution is 2.45. The Morgan fingerprint density at radius 2 is 1.68 bits per heavy atom. The van der Waals surface area contributed by atoms with Crippen LogP contribution in [-0.2, 0) is 34.8 Å². The molecule has 2 bridgehead atoms. The summed E-state index contributed by atoms with van der Waals surface area (Å²) in [7, 11) is 0. The number of fused-ring (bicyclic) bond motifs is 4. The number of nitrogens with zero attached hydrogens (tertiary/aromatic N) is 2. The lowest BCUT2D eigenvalue weighted by molar-refractivity contribution is 0.0511. The number of hydrogen-bond donors (Lipinski definition) is 1. The number of esters is 1. The minimum Gasteiger partial charge on any atom is -0.481 e. The molecule has 2 heterocycles. The van der Waals surface area contributed by atoms with Gasteiger partial charge in [0, 0.05) is 6.54 Å². The lowest BCUT2D eigenvalue weighted by Gasteiger charge is -2.31. The molecule has 9 heteroatoms. The molecule has 1 N–H and O–H groups in total. The quantitative estimate of drug-likeness (QED) is 0.443. The SMILES string of the molecule is CCOC(=O)c1nc2n(c(=O)c1OCc1ccccc1)CCC1CCC2(NC(=O)OCc2ccccc2)C1. The molecule has 1 aliphatic heterocycles. The molecule has 1 saturated carbocycles. The number of alkyl carbamates (subject to hydrolysis) is 1. The minimum atomic E-state index is -0.937. The van der Waals surface area contributed by atoms with Gasteiger partial charge in [-0.1, -0.05) is 60.7 Å². The molecular weight excluding hydrogens is 486 g/mol. The molecular formula is C29H31N3O6. The van der Waals surface area contributed by atoms with Crippen LogP contribution in [0.25, 0.3) is 0 Å². The number of hydrogen-bond acceptors (Lipinski definition) is 7. The molecule has 1 fully saturated rings. The standard InChI is InChI=1S/C29H31N3O6/c1-2-36-26(34)23-24(37-18-21-9-5-3-6-10-21)25(33)32-16-14-20-13-15-29(17-20,27(32)30-23)31-28(35)38-19-22-11-7-4-8-12-22/h3-12,20H,2,13-19H2,1H3,(H,31,35). The van der Waals surface area contributed by atoms with Crippen LogP contribution in [0.15, 0.2) is 65.5 Å². The predicted molar refractivity (Wildman–Crippen MR) is 139 cm³/mol. The van der Waals surface area contributed by atoms with Gasteiger partial charge in [0.2, 0.25) is 5.75 Å². The molecule has 1 aliphatic carbocycles. The highest BCUT2D eigenvalue weighted by molar-refractivity contribution is 5.90. The van der Waals surface area contributed by atoms with Crippen molar-refractivity contribution in [2.75, 3.05) is 6.61 Å². The first-order valence-electron chi connectivity index (χ1n) is 13.0. The highest BCUT2D eigenvalue weighted by Gasteiger charge is 2.48. The van der Waals surface area contributed by atoms with Crippen LogP contribution in [0.4, 0.5) is 4.79 Å². The van der Waals surface area contributed by atoms with Crippen LogP contribution in [0, 0.1) is 5.92 Å². The molecule has 0 spiro atoms. The van der Waals surface area contributed by atoms with Crippen molar-refractivity contribution in [3.8, 4) is 5.75 Å². The fourth-order valence-corrected chi connectivity index (χ4v) is 5.34. The van der Waals surface area contributed by atoms with E-state index in [2.05, 4.69) is 10.3 Å². The average molecular weight is 518 g/mol. The Labute approximate surface area is 220 Å². The van der Waals surface area contributed by atoms with Gasteiger partial charge in [0.1, 0.15) is 24.6 Å². The van der Waals surface area contributed by atoms with Gasteiger partial charge >= 0.3 is 12.1 Å². The topological polar surface area (TPSA) is 109 Å². The van der Waals surface area contributed by atoms with Crippen LogP contribution in [0.5, 0.6) is 5.75 Å². The maximum absolute atomic E-state index is 13.8. The van der Waals surface area contributed by atoms with E-state index in [0.717, 1.165) is 24.0 Å². The Kier molecular flexibility index (Phi) is 7.44. The maximum Gasteiger partial charge on any atom is 0.408 e. The van der Waals surface area contributed by atoms with E-state index in [9.17, 15) is 14.4 Å². The van der Waals surface area contributed by atoms with Gasteiger partial charge in [-0.15, -0.1) is 0 Å². The van der Waals surface area contributed by atoms with Crippen molar-refractivity contribution >= 4 is 12.1 Å². The molecule has 3 aromatic rings. The van der Waals surface area contributed by atoms with E-state index in [1.807, 2.05) is 60.7 Å². The zero-order valence-corrected chi connectivity index (χ0v) is 21.4. The third-order valence-corrected chi connectivity index (χ3v) is 7.18. The largest absolute Gasteiger partial charge is 0.481 e. The summed E-state index contributed by atoms with van der Waals surface area (Å²) < 4.78 is 18.2. The molecule has 2 atom stereocenters. The fraction of sp³-hybridized carbons (Fsp3) is 0.379. The number of ether oxygens (including phenoxy) is 3. The van der Waals surface area contributed by atoms with E-state index in [-0.39, 0.29) is 31.3 Å². The van der Waals surface area contributed by atoms with E-state index in [1.165, 1.54) is 0 Å². The summed E-state index contributed by atoms with van der Waals surface area (Å²) in [5, 5.41) is 3.02. The summed E-state index contributed by atoms with van der Waals surface area (Å²) in [6, 6.07) is 18.8. The van der Waals surface area contributed by atoms with Gasteiger partial charge in [0.05, 0.1) is 6.61 Å². The fourth-order valence-electron chi connectivity index (χ4n) is 5.34. The maximum atomic E-state index is 13.8. The van der Waals surface area contributed by atoms with Crippen molar-refractivity contribution in [2.45, 2.75) is 57.9 Å². The summed E-state index contributed by atoms with van der Waals surface area (Å²) in [5.41, 5.74) is 0.140. The number of aromatic nitrogens is 2. The van der Waals surface area contributed by atoms with E-state index < -0.39 is 23.2 Å². The predicted octanol–water partition coefficient (Wildman–Crippen LogP) is 4.32. The van der Waals surface area contributed by atoms with Crippen molar-refractivity contribution in [1.82, 2.24) is 14.9 Å². The van der Waals surface area contributed by atoms with E-state index in [1.54, 1.807) is 11.5 Å². The molecule has 2 unspecified atom stereocenters. The molecule has 5 rings (SSSR count). The average Bonchev–Trinajstić information content (AvgIpc) is 3.27. The zero-order chi connectivity index (χ0) is 26.5. The van der Waals surface area contributed by atoms with Gasteiger partial charge in [-0.3, -0.25) is 9.36 Å². The van der Waals surface area contributed by atoms with Crippen LogP contribution in [-0.4, -0.2) is 28.2 Å². The Balaban J connectivity index is 1.49. The lowest BCUT2D eigenvalue weighted by atomic mass is 9.94. The van der Waals surface area contributed by atoms with Crippen LogP contribution < -0.4 is 15.6 Å². The molecule has 1 aromatic heterocycles. The van der Waals surface area contributed by atoms with Gasteiger partial charge in [-0.05, 0) is 49.7 Å². The van der Waals surface area contributed by atoms with Gasteiger partial charge < -0.3 is 19.5 Å². The molecule has 2 aromatic carbocycles. The first kappa shape index (κ1) is 25.5. The highest BCUT2D eigenvalue weighted by atomic mass is 16.5. The van der Waals surface area contributed by atoms with Crippen LogP contribution in [0.1, 0.15) is 60.0 Å². The number of benzene rings is 2. The number of carbonyl (C=O) groups is 2. The third kappa shape index (κ3) is 5.27. The Hall–Kier alpha value is -4.14. The molecule has 9 nitrogen and oxygen atoms in total. The monoisotopic (exact) mass is 517 g/mol.